The van der Waals surface area contributed by atoms with Crippen LogP contribution in [0, 0.1) is 6.92 Å². The Hall–Kier alpha value is -1.72. The molecule has 98 valence electrons. The van der Waals surface area contributed by atoms with Crippen molar-refractivity contribution in [2.75, 3.05) is 0 Å². The summed E-state index contributed by atoms with van der Waals surface area (Å²) in [6, 6.07) is 6.64. The van der Waals surface area contributed by atoms with Gasteiger partial charge in [-0.2, -0.15) is 0 Å². The zero-order chi connectivity index (χ0) is 14.0. The summed E-state index contributed by atoms with van der Waals surface area (Å²) in [7, 11) is 0. The highest BCUT2D eigenvalue weighted by molar-refractivity contribution is 9.10. The van der Waals surface area contributed by atoms with Crippen molar-refractivity contribution >= 4 is 21.7 Å². The summed E-state index contributed by atoms with van der Waals surface area (Å²) < 4.78 is 0.816. The third-order valence-corrected chi connectivity index (χ3v) is 3.68. The number of hydrogen-bond acceptors (Lipinski definition) is 4. The van der Waals surface area contributed by atoms with Gasteiger partial charge in [-0.25, -0.2) is 4.98 Å². The van der Waals surface area contributed by atoms with E-state index in [1.54, 1.807) is 12.1 Å². The molecule has 0 saturated heterocycles. The van der Waals surface area contributed by atoms with Gasteiger partial charge in [0.15, 0.2) is 11.4 Å². The number of benzene rings is 1. The minimum absolute atomic E-state index is 0.0534. The number of aromatic hydroxyl groups is 1. The molecule has 0 radical (unpaired) electrons. The van der Waals surface area contributed by atoms with Crippen LogP contribution in [0.3, 0.4) is 0 Å². The number of carbonyl (C=O) groups is 1. The summed E-state index contributed by atoms with van der Waals surface area (Å²) in [5.41, 5.74) is 1.67. The van der Waals surface area contributed by atoms with Crippen LogP contribution >= 0.6 is 15.9 Å². The Morgan fingerprint density at radius 1 is 1.37 bits per heavy atom. The number of ketones is 1. The van der Waals surface area contributed by atoms with Gasteiger partial charge >= 0.3 is 0 Å². The van der Waals surface area contributed by atoms with E-state index in [0.717, 1.165) is 10.0 Å². The van der Waals surface area contributed by atoms with Crippen molar-refractivity contribution in [3.8, 4) is 5.75 Å². The van der Waals surface area contributed by atoms with Gasteiger partial charge in [-0.05, 0) is 24.6 Å². The molecule has 0 aliphatic heterocycles. The van der Waals surface area contributed by atoms with Gasteiger partial charge in [0.05, 0.1) is 6.61 Å². The molecule has 2 N–H and O–H groups in total. The maximum absolute atomic E-state index is 12.3. The van der Waals surface area contributed by atoms with E-state index in [9.17, 15) is 9.90 Å². The Bertz CT molecular complexity index is 641. The molecule has 1 heterocycles. The first-order valence-electron chi connectivity index (χ1n) is 5.63. The number of nitrogens with zero attached hydrogens (tertiary/aromatic N) is 1. The molecule has 1 aromatic carbocycles. The summed E-state index contributed by atoms with van der Waals surface area (Å²) in [6.07, 6.45) is 1.39. The van der Waals surface area contributed by atoms with Crippen molar-refractivity contribution in [2.45, 2.75) is 13.5 Å². The van der Waals surface area contributed by atoms with Gasteiger partial charge < -0.3 is 10.2 Å². The Morgan fingerprint density at radius 2 is 2.11 bits per heavy atom. The first kappa shape index (κ1) is 13.7. The van der Waals surface area contributed by atoms with Crippen LogP contribution in [-0.2, 0) is 6.61 Å². The molecule has 5 heteroatoms. The molecule has 2 aromatic rings. The predicted octanol–water partition coefficient (Wildman–Crippen LogP) is 2.58. The number of halogens is 1. The van der Waals surface area contributed by atoms with Gasteiger partial charge in [-0.15, -0.1) is 0 Å². The average Bonchev–Trinajstić information content (AvgIpc) is 2.41. The minimum Gasteiger partial charge on any atom is -0.505 e. The number of aryl methyl sites for hydroxylation is 1. The van der Waals surface area contributed by atoms with Crippen molar-refractivity contribution < 1.29 is 15.0 Å². The second kappa shape index (κ2) is 5.50. The lowest BCUT2D eigenvalue weighted by molar-refractivity contribution is 0.103. The van der Waals surface area contributed by atoms with Gasteiger partial charge in [0.25, 0.3) is 0 Å². The molecule has 0 atom stereocenters. The Labute approximate surface area is 118 Å². The molecular weight excluding hydrogens is 310 g/mol. The van der Waals surface area contributed by atoms with Gasteiger partial charge in [0, 0.05) is 21.8 Å². The van der Waals surface area contributed by atoms with E-state index in [1.165, 1.54) is 12.3 Å². The smallest absolute Gasteiger partial charge is 0.215 e. The number of aromatic nitrogens is 1. The molecular formula is C14H12BrNO3. The predicted molar refractivity (Wildman–Crippen MR) is 74.1 cm³/mol. The summed E-state index contributed by atoms with van der Waals surface area (Å²) in [5.74, 6) is -0.653. The first-order chi connectivity index (χ1) is 9.04. The summed E-state index contributed by atoms with van der Waals surface area (Å²) in [6.45, 7) is 1.58. The molecule has 2 rings (SSSR count). The molecule has 0 aliphatic carbocycles. The number of pyridine rings is 1. The van der Waals surface area contributed by atoms with Crippen molar-refractivity contribution in [2.24, 2.45) is 0 Å². The van der Waals surface area contributed by atoms with Crippen LogP contribution < -0.4 is 0 Å². The van der Waals surface area contributed by atoms with E-state index in [-0.39, 0.29) is 29.4 Å². The van der Waals surface area contributed by atoms with Crippen molar-refractivity contribution in [3.63, 3.8) is 0 Å². The molecule has 0 spiro atoms. The molecule has 0 bridgehead atoms. The van der Waals surface area contributed by atoms with Crippen molar-refractivity contribution in [1.29, 1.82) is 0 Å². The van der Waals surface area contributed by atoms with Crippen LogP contribution in [0.1, 0.15) is 27.2 Å². The fraction of sp³-hybridized carbons (Fsp3) is 0.143. The molecule has 0 unspecified atom stereocenters. The monoisotopic (exact) mass is 321 g/mol. The first-order valence-corrected chi connectivity index (χ1v) is 6.42. The van der Waals surface area contributed by atoms with Crippen molar-refractivity contribution in [3.05, 3.63) is 57.3 Å². The number of rotatable bonds is 3. The molecule has 0 fully saturated rings. The van der Waals surface area contributed by atoms with E-state index in [1.807, 2.05) is 13.0 Å². The quantitative estimate of drug-likeness (QED) is 0.852. The molecule has 0 aliphatic rings. The van der Waals surface area contributed by atoms with Crippen LogP contribution in [0.15, 0.2) is 34.9 Å². The molecule has 0 amide bonds. The highest BCUT2D eigenvalue weighted by Crippen LogP contribution is 2.25. The van der Waals surface area contributed by atoms with Crippen LogP contribution in [0.25, 0.3) is 0 Å². The maximum atomic E-state index is 12.3. The number of aliphatic hydroxyl groups is 1. The normalized spacial score (nSPS) is 10.5. The van der Waals surface area contributed by atoms with Gasteiger partial charge in [0.2, 0.25) is 5.78 Å². The van der Waals surface area contributed by atoms with E-state index >= 15 is 0 Å². The Morgan fingerprint density at radius 3 is 2.74 bits per heavy atom. The van der Waals surface area contributed by atoms with E-state index in [0.29, 0.717) is 5.56 Å². The van der Waals surface area contributed by atoms with Crippen LogP contribution in [-0.4, -0.2) is 21.0 Å². The molecule has 19 heavy (non-hydrogen) atoms. The van der Waals surface area contributed by atoms with Gasteiger partial charge in [-0.1, -0.05) is 28.1 Å². The van der Waals surface area contributed by atoms with Crippen LogP contribution in [0.2, 0.25) is 0 Å². The minimum atomic E-state index is -0.381. The summed E-state index contributed by atoms with van der Waals surface area (Å²) in [4.78, 5) is 16.2. The van der Waals surface area contributed by atoms with E-state index in [2.05, 4.69) is 20.9 Å². The highest BCUT2D eigenvalue weighted by Gasteiger charge is 2.18. The summed E-state index contributed by atoms with van der Waals surface area (Å²) in [5, 5.41) is 19.0. The standard InChI is InChI=1S/C14H12BrNO3/c1-8-2-3-9(6-11(8)15)13(18)12-14(19)10(7-17)4-5-16-12/h2-6,17,19H,7H2,1H3. The van der Waals surface area contributed by atoms with Crippen molar-refractivity contribution in [1.82, 2.24) is 4.98 Å². The third-order valence-electron chi connectivity index (χ3n) is 2.83. The molecule has 0 saturated carbocycles. The maximum Gasteiger partial charge on any atom is 0.215 e. The Kier molecular flexibility index (Phi) is 3.97. The van der Waals surface area contributed by atoms with E-state index < -0.39 is 0 Å². The second-order valence-electron chi connectivity index (χ2n) is 4.12. The third kappa shape index (κ3) is 2.67. The zero-order valence-electron chi connectivity index (χ0n) is 10.2. The zero-order valence-corrected chi connectivity index (χ0v) is 11.8. The lowest BCUT2D eigenvalue weighted by Gasteiger charge is -2.07. The Balaban J connectivity index is 2.47. The number of aliphatic hydroxyl groups excluding tert-OH is 1. The largest absolute Gasteiger partial charge is 0.505 e. The van der Waals surface area contributed by atoms with Crippen LogP contribution in [0.4, 0.5) is 0 Å². The molecule has 4 nitrogen and oxygen atoms in total. The fourth-order valence-corrected chi connectivity index (χ4v) is 2.04. The van der Waals surface area contributed by atoms with Gasteiger partial charge in [-0.3, -0.25) is 4.79 Å². The second-order valence-corrected chi connectivity index (χ2v) is 4.97. The molecule has 1 aromatic heterocycles. The van der Waals surface area contributed by atoms with Gasteiger partial charge in [0.1, 0.15) is 0 Å². The number of carbonyl (C=O) groups excluding carboxylic acids is 1. The lowest BCUT2D eigenvalue weighted by Crippen LogP contribution is -2.06. The van der Waals surface area contributed by atoms with Crippen LogP contribution in [0.5, 0.6) is 5.75 Å². The summed E-state index contributed by atoms with van der Waals surface area (Å²) >= 11 is 3.36. The highest BCUT2D eigenvalue weighted by atomic mass is 79.9. The average molecular weight is 322 g/mol. The SMILES string of the molecule is Cc1ccc(C(=O)c2nccc(CO)c2O)cc1Br. The topological polar surface area (TPSA) is 70.4 Å². The fourth-order valence-electron chi connectivity index (χ4n) is 1.66. The van der Waals surface area contributed by atoms with E-state index in [4.69, 9.17) is 5.11 Å². The number of hydrogen-bond donors (Lipinski definition) is 2. The lowest BCUT2D eigenvalue weighted by atomic mass is 10.0.